The van der Waals surface area contributed by atoms with E-state index in [0.717, 1.165) is 5.56 Å². The predicted molar refractivity (Wildman–Crippen MR) is 84.8 cm³/mol. The molecule has 0 saturated heterocycles. The van der Waals surface area contributed by atoms with Gasteiger partial charge in [0.05, 0.1) is 0 Å². The van der Waals surface area contributed by atoms with Gasteiger partial charge in [-0.15, -0.1) is 0 Å². The van der Waals surface area contributed by atoms with Crippen molar-refractivity contribution in [2.75, 3.05) is 6.54 Å². The Morgan fingerprint density at radius 2 is 1.73 bits per heavy atom. The van der Waals surface area contributed by atoms with Crippen LogP contribution < -0.4 is 10.6 Å². The van der Waals surface area contributed by atoms with Gasteiger partial charge in [0.2, 0.25) is 0 Å². The first kappa shape index (κ1) is 15.8. The van der Waals surface area contributed by atoms with Gasteiger partial charge in [-0.2, -0.15) is 0 Å². The second-order valence-corrected chi connectivity index (χ2v) is 5.23. The largest absolute Gasteiger partial charge is 0.451 e. The monoisotopic (exact) mass is 300 g/mol. The molecule has 2 rings (SSSR count). The van der Waals surface area contributed by atoms with Gasteiger partial charge >= 0.3 is 0 Å². The SMILES string of the molecule is CCNC(=O)c1ccc(-c2ccc(C(=O)NC(C)C)o2)cc1. The lowest BCUT2D eigenvalue weighted by atomic mass is 10.1. The molecule has 0 radical (unpaired) electrons. The van der Waals surface area contributed by atoms with Crippen molar-refractivity contribution in [1.29, 1.82) is 0 Å². The molecule has 0 bridgehead atoms. The minimum Gasteiger partial charge on any atom is -0.451 e. The molecule has 0 saturated carbocycles. The van der Waals surface area contributed by atoms with E-state index < -0.39 is 0 Å². The number of rotatable bonds is 5. The Hall–Kier alpha value is -2.56. The summed E-state index contributed by atoms with van der Waals surface area (Å²) in [6.07, 6.45) is 0. The zero-order valence-corrected chi connectivity index (χ0v) is 13.0. The second kappa shape index (κ2) is 6.93. The molecular weight excluding hydrogens is 280 g/mol. The number of benzene rings is 1. The maximum Gasteiger partial charge on any atom is 0.287 e. The van der Waals surface area contributed by atoms with E-state index >= 15 is 0 Å². The molecule has 0 spiro atoms. The molecule has 22 heavy (non-hydrogen) atoms. The molecule has 0 aliphatic carbocycles. The first-order chi connectivity index (χ1) is 10.5. The molecule has 116 valence electrons. The van der Waals surface area contributed by atoms with Crippen LogP contribution in [-0.2, 0) is 0 Å². The molecule has 0 unspecified atom stereocenters. The van der Waals surface area contributed by atoms with Crippen LogP contribution in [0.3, 0.4) is 0 Å². The summed E-state index contributed by atoms with van der Waals surface area (Å²) in [6, 6.07) is 10.5. The maximum absolute atomic E-state index is 11.9. The number of hydrogen-bond donors (Lipinski definition) is 2. The summed E-state index contributed by atoms with van der Waals surface area (Å²) in [4.78, 5) is 23.6. The van der Waals surface area contributed by atoms with Crippen molar-refractivity contribution >= 4 is 11.8 Å². The zero-order chi connectivity index (χ0) is 16.1. The molecule has 5 heteroatoms. The third-order valence-electron chi connectivity index (χ3n) is 3.02. The van der Waals surface area contributed by atoms with Crippen LogP contribution in [0, 0.1) is 0 Å². The van der Waals surface area contributed by atoms with Crippen molar-refractivity contribution in [3.05, 3.63) is 47.7 Å². The van der Waals surface area contributed by atoms with Crippen LogP contribution in [0.25, 0.3) is 11.3 Å². The van der Waals surface area contributed by atoms with Crippen LogP contribution in [0.4, 0.5) is 0 Å². The number of carbonyl (C=O) groups is 2. The molecule has 0 fully saturated rings. The van der Waals surface area contributed by atoms with Gasteiger partial charge < -0.3 is 15.1 Å². The molecule has 0 aliphatic rings. The topological polar surface area (TPSA) is 71.3 Å². The average molecular weight is 300 g/mol. The summed E-state index contributed by atoms with van der Waals surface area (Å²) in [5, 5.41) is 5.52. The van der Waals surface area contributed by atoms with Crippen LogP contribution in [-0.4, -0.2) is 24.4 Å². The highest BCUT2D eigenvalue weighted by Gasteiger charge is 2.13. The molecule has 2 N–H and O–H groups in total. The van der Waals surface area contributed by atoms with E-state index in [1.807, 2.05) is 20.8 Å². The van der Waals surface area contributed by atoms with Crippen LogP contribution in [0.15, 0.2) is 40.8 Å². The fourth-order valence-electron chi connectivity index (χ4n) is 2.00. The lowest BCUT2D eigenvalue weighted by Gasteiger charge is -2.05. The Balaban J connectivity index is 2.14. The van der Waals surface area contributed by atoms with Gasteiger partial charge in [-0.3, -0.25) is 9.59 Å². The van der Waals surface area contributed by atoms with E-state index in [2.05, 4.69) is 10.6 Å². The number of amides is 2. The Labute approximate surface area is 129 Å². The minimum absolute atomic E-state index is 0.0532. The zero-order valence-electron chi connectivity index (χ0n) is 13.0. The summed E-state index contributed by atoms with van der Waals surface area (Å²) < 4.78 is 5.57. The lowest BCUT2D eigenvalue weighted by molar-refractivity contribution is 0.0914. The molecule has 1 heterocycles. The Bertz CT molecular complexity index is 657. The third kappa shape index (κ3) is 3.75. The number of nitrogens with one attached hydrogen (secondary N) is 2. The molecule has 0 atom stereocenters. The summed E-state index contributed by atoms with van der Waals surface area (Å²) in [5.41, 5.74) is 1.41. The molecule has 5 nitrogen and oxygen atoms in total. The number of carbonyl (C=O) groups excluding carboxylic acids is 2. The average Bonchev–Trinajstić information content (AvgIpc) is 2.97. The molecule has 2 aromatic rings. The van der Waals surface area contributed by atoms with E-state index in [1.54, 1.807) is 36.4 Å². The first-order valence-electron chi connectivity index (χ1n) is 7.30. The minimum atomic E-state index is -0.236. The Morgan fingerprint density at radius 1 is 1.05 bits per heavy atom. The van der Waals surface area contributed by atoms with Crippen molar-refractivity contribution in [3.63, 3.8) is 0 Å². The maximum atomic E-state index is 11.9. The molecule has 1 aromatic carbocycles. The molecule has 1 aromatic heterocycles. The van der Waals surface area contributed by atoms with Crippen molar-refractivity contribution in [1.82, 2.24) is 10.6 Å². The summed E-state index contributed by atoms with van der Waals surface area (Å²) in [7, 11) is 0. The number of furan rings is 1. The van der Waals surface area contributed by atoms with Crippen LogP contribution in [0.2, 0.25) is 0 Å². The van der Waals surface area contributed by atoms with Gasteiger partial charge in [-0.05, 0) is 45.0 Å². The van der Waals surface area contributed by atoms with Gasteiger partial charge in [0.1, 0.15) is 5.76 Å². The van der Waals surface area contributed by atoms with Gasteiger partial charge in [-0.25, -0.2) is 0 Å². The van der Waals surface area contributed by atoms with Crippen LogP contribution in [0.1, 0.15) is 41.7 Å². The van der Waals surface area contributed by atoms with Crippen molar-refractivity contribution in [2.24, 2.45) is 0 Å². The highest BCUT2D eigenvalue weighted by atomic mass is 16.3. The fourth-order valence-corrected chi connectivity index (χ4v) is 2.00. The summed E-state index contributed by atoms with van der Waals surface area (Å²) in [5.74, 6) is 0.526. The van der Waals surface area contributed by atoms with Crippen LogP contribution >= 0.6 is 0 Å². The van der Waals surface area contributed by atoms with Crippen molar-refractivity contribution in [2.45, 2.75) is 26.8 Å². The Kier molecular flexibility index (Phi) is 4.99. The molecule has 0 aliphatic heterocycles. The van der Waals surface area contributed by atoms with Gasteiger partial charge in [0, 0.05) is 23.7 Å². The smallest absolute Gasteiger partial charge is 0.287 e. The van der Waals surface area contributed by atoms with E-state index in [1.165, 1.54) is 0 Å². The lowest BCUT2D eigenvalue weighted by Crippen LogP contribution is -2.29. The normalized spacial score (nSPS) is 10.5. The predicted octanol–water partition coefficient (Wildman–Crippen LogP) is 2.83. The van der Waals surface area contributed by atoms with Crippen LogP contribution in [0.5, 0.6) is 0 Å². The molecular formula is C17H20N2O3. The van der Waals surface area contributed by atoms with Gasteiger partial charge in [0.15, 0.2) is 5.76 Å². The van der Waals surface area contributed by atoms with E-state index in [0.29, 0.717) is 17.9 Å². The van der Waals surface area contributed by atoms with Gasteiger partial charge in [-0.1, -0.05) is 12.1 Å². The van der Waals surface area contributed by atoms with E-state index in [-0.39, 0.29) is 23.6 Å². The quantitative estimate of drug-likeness (QED) is 0.892. The summed E-state index contributed by atoms with van der Waals surface area (Å²) >= 11 is 0. The standard InChI is InChI=1S/C17H20N2O3/c1-4-18-16(20)13-7-5-12(6-8-13)14-9-10-15(22-14)17(21)19-11(2)3/h5-11H,4H2,1-3H3,(H,18,20)(H,19,21). The second-order valence-electron chi connectivity index (χ2n) is 5.23. The van der Waals surface area contributed by atoms with E-state index in [9.17, 15) is 9.59 Å². The highest BCUT2D eigenvalue weighted by Crippen LogP contribution is 2.22. The summed E-state index contributed by atoms with van der Waals surface area (Å²) in [6.45, 7) is 6.25. The van der Waals surface area contributed by atoms with Gasteiger partial charge in [0.25, 0.3) is 11.8 Å². The Morgan fingerprint density at radius 3 is 2.32 bits per heavy atom. The number of hydrogen-bond acceptors (Lipinski definition) is 3. The first-order valence-corrected chi connectivity index (χ1v) is 7.30. The third-order valence-corrected chi connectivity index (χ3v) is 3.02. The highest BCUT2D eigenvalue weighted by molar-refractivity contribution is 5.94. The van der Waals surface area contributed by atoms with E-state index in [4.69, 9.17) is 4.42 Å². The fraction of sp³-hybridized carbons (Fsp3) is 0.294. The van der Waals surface area contributed by atoms with Crippen molar-refractivity contribution < 1.29 is 14.0 Å². The molecule has 2 amide bonds. The van der Waals surface area contributed by atoms with Crippen molar-refractivity contribution in [3.8, 4) is 11.3 Å².